The molecule has 2 aromatic carbocycles. The molecule has 2 aromatic rings. The summed E-state index contributed by atoms with van der Waals surface area (Å²) in [5, 5.41) is 2.70. The van der Waals surface area contributed by atoms with Gasteiger partial charge in [0, 0.05) is 15.6 Å². The van der Waals surface area contributed by atoms with Gasteiger partial charge in [-0.15, -0.1) is 0 Å². The molecule has 9 heteroatoms. The first-order valence-corrected chi connectivity index (χ1v) is 9.21. The predicted octanol–water partition coefficient (Wildman–Crippen LogP) is 3.75. The van der Waals surface area contributed by atoms with E-state index in [0.29, 0.717) is 0 Å². The fourth-order valence-corrected chi connectivity index (χ4v) is 3.25. The summed E-state index contributed by atoms with van der Waals surface area (Å²) < 4.78 is 4.94. The molecule has 1 fully saturated rings. The van der Waals surface area contributed by atoms with Crippen molar-refractivity contribution in [2.45, 2.75) is 6.92 Å². The number of Topliss-reactive ketones (excluding diaryl/α,β-unsaturated/α-hetero) is 1. The molecule has 0 radical (unpaired) electrons. The van der Waals surface area contributed by atoms with Crippen molar-refractivity contribution in [1.82, 2.24) is 5.32 Å². The number of urea groups is 1. The van der Waals surface area contributed by atoms with Crippen LogP contribution in [0.2, 0.25) is 10.0 Å². The third kappa shape index (κ3) is 4.16. The topological polar surface area (TPSA) is 92.8 Å². The summed E-state index contributed by atoms with van der Waals surface area (Å²) in [5.74, 6) is -2.67. The first-order valence-electron chi connectivity index (χ1n) is 8.46. The molecule has 0 aliphatic carbocycles. The van der Waals surface area contributed by atoms with Crippen LogP contribution in [-0.4, -0.2) is 30.3 Å². The first kappa shape index (κ1) is 20.6. The second-order valence-electron chi connectivity index (χ2n) is 5.86. The molecule has 1 aliphatic rings. The van der Waals surface area contributed by atoms with Gasteiger partial charge in [-0.1, -0.05) is 53.5 Å². The summed E-state index contributed by atoms with van der Waals surface area (Å²) >= 11 is 11.9. The van der Waals surface area contributed by atoms with Gasteiger partial charge in [0.2, 0.25) is 5.78 Å². The lowest BCUT2D eigenvalue weighted by Crippen LogP contribution is -2.30. The lowest BCUT2D eigenvalue weighted by molar-refractivity contribution is -0.138. The molecule has 0 spiro atoms. The number of benzene rings is 2. The first-order chi connectivity index (χ1) is 13.8. The van der Waals surface area contributed by atoms with Gasteiger partial charge in [-0.05, 0) is 25.1 Å². The fraction of sp³-hybridized carbons (Fsp3) is 0.100. The number of hydrogen-bond acceptors (Lipinski definition) is 5. The van der Waals surface area contributed by atoms with E-state index in [1.807, 2.05) is 0 Å². The quantitative estimate of drug-likeness (QED) is 0.194. The third-order valence-corrected chi connectivity index (χ3v) is 4.39. The van der Waals surface area contributed by atoms with Crippen molar-refractivity contribution < 1.29 is 23.9 Å². The van der Waals surface area contributed by atoms with Crippen molar-refractivity contribution in [3.05, 3.63) is 75.4 Å². The summed E-state index contributed by atoms with van der Waals surface area (Å²) in [5.41, 5.74) is -0.782. The number of halogens is 2. The van der Waals surface area contributed by atoms with Crippen LogP contribution in [0.5, 0.6) is 0 Å². The highest BCUT2D eigenvalue weighted by Crippen LogP contribution is 2.29. The van der Waals surface area contributed by atoms with Gasteiger partial charge >= 0.3 is 12.0 Å². The summed E-state index contributed by atoms with van der Waals surface area (Å²) in [4.78, 5) is 51.6. The Labute approximate surface area is 175 Å². The molecule has 1 N–H and O–H groups in total. The molecule has 1 heterocycles. The Bertz CT molecular complexity index is 1030. The van der Waals surface area contributed by atoms with Crippen molar-refractivity contribution in [3.63, 3.8) is 0 Å². The molecule has 0 saturated carbocycles. The van der Waals surface area contributed by atoms with Crippen LogP contribution in [0.15, 0.2) is 59.8 Å². The van der Waals surface area contributed by atoms with Gasteiger partial charge in [-0.25, -0.2) is 14.5 Å². The number of esters is 1. The maximum absolute atomic E-state index is 13.0. The zero-order valence-corrected chi connectivity index (χ0v) is 16.6. The number of carbonyl (C=O) groups is 4. The van der Waals surface area contributed by atoms with Crippen molar-refractivity contribution in [2.75, 3.05) is 11.5 Å². The number of anilines is 1. The van der Waals surface area contributed by atoms with E-state index in [0.717, 1.165) is 4.90 Å². The summed E-state index contributed by atoms with van der Waals surface area (Å²) in [6, 6.07) is 11.2. The second-order valence-corrected chi connectivity index (χ2v) is 6.74. The van der Waals surface area contributed by atoms with E-state index in [2.05, 4.69) is 5.32 Å². The van der Waals surface area contributed by atoms with E-state index >= 15 is 0 Å². The van der Waals surface area contributed by atoms with E-state index in [4.69, 9.17) is 27.9 Å². The fourth-order valence-electron chi connectivity index (χ4n) is 2.74. The Morgan fingerprint density at radius 3 is 2.24 bits per heavy atom. The normalized spacial score (nSPS) is 15.2. The summed E-state index contributed by atoms with van der Waals surface area (Å²) in [6.45, 7) is 1.54. The van der Waals surface area contributed by atoms with Crippen molar-refractivity contribution in [3.8, 4) is 0 Å². The van der Waals surface area contributed by atoms with Crippen molar-refractivity contribution in [1.29, 1.82) is 0 Å². The van der Waals surface area contributed by atoms with Crippen LogP contribution >= 0.6 is 23.2 Å². The van der Waals surface area contributed by atoms with Crippen LogP contribution in [0, 0.1) is 0 Å². The average Bonchev–Trinajstić information content (AvgIpc) is 2.96. The van der Waals surface area contributed by atoms with Crippen LogP contribution in [-0.2, 0) is 14.3 Å². The van der Waals surface area contributed by atoms with E-state index < -0.39 is 35.0 Å². The third-order valence-electron chi connectivity index (χ3n) is 3.95. The zero-order chi connectivity index (χ0) is 21.1. The number of nitrogens with one attached hydrogen (secondary N) is 1. The monoisotopic (exact) mass is 432 g/mol. The van der Waals surface area contributed by atoms with Gasteiger partial charge in [-0.3, -0.25) is 9.59 Å². The van der Waals surface area contributed by atoms with Crippen LogP contribution < -0.4 is 10.2 Å². The van der Waals surface area contributed by atoms with Crippen molar-refractivity contribution >= 4 is 52.6 Å². The minimum absolute atomic E-state index is 0.0204. The lowest BCUT2D eigenvalue weighted by Gasteiger charge is -2.13. The predicted molar refractivity (Wildman–Crippen MR) is 107 cm³/mol. The molecule has 148 valence electrons. The molecule has 3 amide bonds. The second kappa shape index (κ2) is 8.46. The van der Waals surface area contributed by atoms with Crippen LogP contribution in [0.3, 0.4) is 0 Å². The lowest BCUT2D eigenvalue weighted by atomic mass is 10.0. The van der Waals surface area contributed by atoms with Crippen LogP contribution in [0.1, 0.15) is 17.3 Å². The highest BCUT2D eigenvalue weighted by atomic mass is 35.5. The van der Waals surface area contributed by atoms with Gasteiger partial charge in [-0.2, -0.15) is 0 Å². The maximum Gasteiger partial charge on any atom is 0.344 e. The smallest absolute Gasteiger partial charge is 0.344 e. The number of rotatable bonds is 5. The standard InChI is InChI=1S/C20H14Cl2N2O5/c1-2-29-19(27)15(17(25)11-6-4-3-5-7-11)16-18(26)24(20(28)23-16)14-9-12(21)8-13(22)10-14/h3-10H,2H2,1H3,(H,23,28). The van der Waals surface area contributed by atoms with Crippen molar-refractivity contribution in [2.24, 2.45) is 0 Å². The van der Waals surface area contributed by atoms with Gasteiger partial charge in [0.15, 0.2) is 0 Å². The van der Waals surface area contributed by atoms with Crippen LogP contribution in [0.25, 0.3) is 0 Å². The average molecular weight is 433 g/mol. The Morgan fingerprint density at radius 2 is 1.66 bits per heavy atom. The molecule has 0 bridgehead atoms. The highest BCUT2D eigenvalue weighted by molar-refractivity contribution is 6.37. The number of imide groups is 1. The zero-order valence-electron chi connectivity index (χ0n) is 15.1. The number of nitrogens with zero attached hydrogens (tertiary/aromatic N) is 1. The van der Waals surface area contributed by atoms with E-state index in [9.17, 15) is 19.2 Å². The van der Waals surface area contributed by atoms with Gasteiger partial charge in [0.05, 0.1) is 12.3 Å². The molecule has 7 nitrogen and oxygen atoms in total. The van der Waals surface area contributed by atoms with Crippen LogP contribution in [0.4, 0.5) is 10.5 Å². The summed E-state index contributed by atoms with van der Waals surface area (Å²) in [6.07, 6.45) is 0. The number of amides is 3. The minimum Gasteiger partial charge on any atom is -0.462 e. The molecule has 3 rings (SSSR count). The molecule has 1 saturated heterocycles. The number of ketones is 1. The largest absolute Gasteiger partial charge is 0.462 e. The van der Waals surface area contributed by atoms with Gasteiger partial charge in [0.1, 0.15) is 11.3 Å². The molecular weight excluding hydrogens is 419 g/mol. The number of carbonyl (C=O) groups excluding carboxylic acids is 4. The Balaban J connectivity index is 2.11. The molecule has 0 aromatic heterocycles. The van der Waals surface area contributed by atoms with Gasteiger partial charge < -0.3 is 10.1 Å². The Hall–Kier alpha value is -3.16. The van der Waals surface area contributed by atoms with E-state index in [-0.39, 0.29) is 27.9 Å². The maximum atomic E-state index is 13.0. The Kier molecular flexibility index (Phi) is 6.00. The minimum atomic E-state index is -1.02. The summed E-state index contributed by atoms with van der Waals surface area (Å²) in [7, 11) is 0. The molecule has 29 heavy (non-hydrogen) atoms. The SMILES string of the molecule is CCOC(=O)C(C(=O)c1ccccc1)=C1NC(=O)N(c2cc(Cl)cc(Cl)c2)C1=O. The highest BCUT2D eigenvalue weighted by Gasteiger charge is 2.41. The Morgan fingerprint density at radius 1 is 1.03 bits per heavy atom. The number of ether oxygens (including phenoxy) is 1. The van der Waals surface area contributed by atoms with Gasteiger partial charge in [0.25, 0.3) is 5.91 Å². The molecule has 1 aliphatic heterocycles. The van der Waals surface area contributed by atoms with E-state index in [1.54, 1.807) is 25.1 Å². The number of hydrogen-bond donors (Lipinski definition) is 1. The van der Waals surface area contributed by atoms with E-state index in [1.165, 1.54) is 30.3 Å². The molecule has 0 atom stereocenters. The molecule has 0 unspecified atom stereocenters. The molecular formula is C20H14Cl2N2O5.